The molecule has 1 heterocycles. The van der Waals surface area contributed by atoms with Crippen molar-refractivity contribution in [3.05, 3.63) is 29.8 Å². The molecular formula is C13H16O4. The zero-order valence-electron chi connectivity index (χ0n) is 9.80. The first-order valence-electron chi connectivity index (χ1n) is 5.67. The molecule has 0 radical (unpaired) electrons. The maximum Gasteiger partial charge on any atom is 0.162 e. The van der Waals surface area contributed by atoms with Gasteiger partial charge in [-0.15, -0.1) is 0 Å². The molecule has 0 aromatic heterocycles. The number of carbonyl (C=O) groups excluding carboxylic acids is 1. The van der Waals surface area contributed by atoms with Crippen LogP contribution >= 0.6 is 0 Å². The number of benzene rings is 1. The highest BCUT2D eigenvalue weighted by Crippen LogP contribution is 2.17. The van der Waals surface area contributed by atoms with Gasteiger partial charge < -0.3 is 19.0 Å². The molecule has 2 atom stereocenters. The highest BCUT2D eigenvalue weighted by Gasteiger charge is 2.22. The smallest absolute Gasteiger partial charge is 0.162 e. The van der Waals surface area contributed by atoms with Crippen LogP contribution in [0.3, 0.4) is 0 Å². The molecule has 1 aliphatic rings. The number of aldehydes is 1. The van der Waals surface area contributed by atoms with Crippen LogP contribution in [0.25, 0.3) is 0 Å². The van der Waals surface area contributed by atoms with E-state index in [0.29, 0.717) is 19.4 Å². The largest absolute Gasteiger partial charge is 0.497 e. The van der Waals surface area contributed by atoms with Crippen LogP contribution in [0.1, 0.15) is 12.0 Å². The zero-order valence-corrected chi connectivity index (χ0v) is 9.80. The molecule has 0 saturated carbocycles. The Kier molecular flexibility index (Phi) is 4.12. The number of ether oxygens (including phenoxy) is 3. The van der Waals surface area contributed by atoms with Crippen molar-refractivity contribution in [3.8, 4) is 5.75 Å². The van der Waals surface area contributed by atoms with Crippen molar-refractivity contribution in [3.63, 3.8) is 0 Å². The van der Waals surface area contributed by atoms with Gasteiger partial charge in [0.2, 0.25) is 0 Å². The molecule has 4 nitrogen and oxygen atoms in total. The fourth-order valence-corrected chi connectivity index (χ4v) is 1.78. The predicted molar refractivity (Wildman–Crippen MR) is 62.0 cm³/mol. The standard InChI is InChI=1S/C13H16O4/c1-15-11-4-2-10(3-5-11)8-13-16-7-6-12(9-14)17-13/h2-5,9,12-13H,6-8H2,1H3/t12?,13-/m1/s1. The van der Waals surface area contributed by atoms with Crippen LogP contribution in [0.4, 0.5) is 0 Å². The lowest BCUT2D eigenvalue weighted by molar-refractivity contribution is -0.205. The van der Waals surface area contributed by atoms with E-state index in [-0.39, 0.29) is 12.4 Å². The molecule has 0 aliphatic carbocycles. The molecular weight excluding hydrogens is 220 g/mol. The van der Waals surface area contributed by atoms with Gasteiger partial charge in [-0.05, 0) is 17.7 Å². The Morgan fingerprint density at radius 1 is 1.41 bits per heavy atom. The van der Waals surface area contributed by atoms with Crippen molar-refractivity contribution >= 4 is 6.29 Å². The van der Waals surface area contributed by atoms with E-state index in [1.807, 2.05) is 24.3 Å². The molecule has 2 rings (SSSR count). The van der Waals surface area contributed by atoms with Gasteiger partial charge in [0.1, 0.15) is 18.1 Å². The lowest BCUT2D eigenvalue weighted by Gasteiger charge is -2.27. The molecule has 1 aromatic rings. The van der Waals surface area contributed by atoms with E-state index in [9.17, 15) is 4.79 Å². The highest BCUT2D eigenvalue weighted by molar-refractivity contribution is 5.56. The second-order valence-corrected chi connectivity index (χ2v) is 3.95. The van der Waals surface area contributed by atoms with Crippen molar-refractivity contribution in [1.29, 1.82) is 0 Å². The van der Waals surface area contributed by atoms with Crippen molar-refractivity contribution in [1.82, 2.24) is 0 Å². The molecule has 1 aromatic carbocycles. The maximum atomic E-state index is 10.6. The minimum Gasteiger partial charge on any atom is -0.497 e. The Balaban J connectivity index is 1.92. The maximum absolute atomic E-state index is 10.6. The van der Waals surface area contributed by atoms with Crippen LogP contribution in [0, 0.1) is 0 Å². The predicted octanol–water partition coefficient (Wildman–Crippen LogP) is 1.57. The first-order chi connectivity index (χ1) is 8.31. The Hall–Kier alpha value is -1.39. The molecule has 0 bridgehead atoms. The second-order valence-electron chi connectivity index (χ2n) is 3.95. The molecule has 92 valence electrons. The van der Waals surface area contributed by atoms with E-state index in [0.717, 1.165) is 17.6 Å². The Bertz CT molecular complexity index is 360. The summed E-state index contributed by atoms with van der Waals surface area (Å²) in [4.78, 5) is 10.6. The van der Waals surface area contributed by atoms with Gasteiger partial charge >= 0.3 is 0 Å². The van der Waals surface area contributed by atoms with Crippen LogP contribution in [-0.2, 0) is 20.7 Å². The van der Waals surface area contributed by atoms with Crippen molar-refractivity contribution in [2.24, 2.45) is 0 Å². The third kappa shape index (κ3) is 3.28. The molecule has 1 aliphatic heterocycles. The summed E-state index contributed by atoms with van der Waals surface area (Å²) >= 11 is 0. The van der Waals surface area contributed by atoms with Crippen molar-refractivity contribution in [2.45, 2.75) is 25.2 Å². The van der Waals surface area contributed by atoms with E-state index < -0.39 is 0 Å². The molecule has 0 amide bonds. The number of methoxy groups -OCH3 is 1. The van der Waals surface area contributed by atoms with Gasteiger partial charge in [0, 0.05) is 12.8 Å². The summed E-state index contributed by atoms with van der Waals surface area (Å²) in [6.45, 7) is 0.574. The van der Waals surface area contributed by atoms with E-state index in [1.54, 1.807) is 7.11 Å². The average molecular weight is 236 g/mol. The lowest BCUT2D eigenvalue weighted by atomic mass is 10.1. The molecule has 1 fully saturated rings. The number of carbonyl (C=O) groups is 1. The quantitative estimate of drug-likeness (QED) is 0.744. The monoisotopic (exact) mass is 236 g/mol. The molecule has 1 saturated heterocycles. The van der Waals surface area contributed by atoms with Crippen LogP contribution in [0.5, 0.6) is 5.75 Å². The summed E-state index contributed by atoms with van der Waals surface area (Å²) in [5, 5.41) is 0. The zero-order chi connectivity index (χ0) is 12.1. The normalized spacial score (nSPS) is 24.3. The molecule has 0 N–H and O–H groups in total. The van der Waals surface area contributed by atoms with Gasteiger partial charge in [-0.1, -0.05) is 12.1 Å². The van der Waals surface area contributed by atoms with Gasteiger partial charge in [-0.2, -0.15) is 0 Å². The van der Waals surface area contributed by atoms with Gasteiger partial charge in [0.15, 0.2) is 6.29 Å². The SMILES string of the molecule is COc1ccc(C[C@@H]2OCCC(C=O)O2)cc1. The summed E-state index contributed by atoms with van der Waals surface area (Å²) in [5.41, 5.74) is 1.10. The summed E-state index contributed by atoms with van der Waals surface area (Å²) < 4.78 is 16.0. The lowest BCUT2D eigenvalue weighted by Crippen LogP contribution is -2.34. The summed E-state index contributed by atoms with van der Waals surface area (Å²) in [5.74, 6) is 0.824. The minimum absolute atomic E-state index is 0.327. The number of hydrogen-bond donors (Lipinski definition) is 0. The van der Waals surface area contributed by atoms with Crippen LogP contribution in [0.15, 0.2) is 24.3 Å². The molecule has 17 heavy (non-hydrogen) atoms. The van der Waals surface area contributed by atoms with Crippen molar-refractivity contribution in [2.75, 3.05) is 13.7 Å². The number of rotatable bonds is 4. The Morgan fingerprint density at radius 3 is 2.82 bits per heavy atom. The fraction of sp³-hybridized carbons (Fsp3) is 0.462. The summed E-state index contributed by atoms with van der Waals surface area (Å²) in [7, 11) is 1.64. The first-order valence-corrected chi connectivity index (χ1v) is 5.67. The van der Waals surface area contributed by atoms with E-state index >= 15 is 0 Å². The van der Waals surface area contributed by atoms with Gasteiger partial charge in [0.05, 0.1) is 13.7 Å². The van der Waals surface area contributed by atoms with Crippen LogP contribution < -0.4 is 4.74 Å². The molecule has 0 spiro atoms. The van der Waals surface area contributed by atoms with Gasteiger partial charge in [0.25, 0.3) is 0 Å². The Morgan fingerprint density at radius 2 is 2.18 bits per heavy atom. The summed E-state index contributed by atoms with van der Waals surface area (Å²) in [6, 6.07) is 7.73. The highest BCUT2D eigenvalue weighted by atomic mass is 16.7. The van der Waals surface area contributed by atoms with E-state index in [4.69, 9.17) is 14.2 Å². The van der Waals surface area contributed by atoms with Gasteiger partial charge in [-0.3, -0.25) is 0 Å². The Labute approximate surface area is 100 Å². The minimum atomic E-state index is -0.327. The second kappa shape index (κ2) is 5.80. The average Bonchev–Trinajstić information content (AvgIpc) is 2.40. The number of hydrogen-bond acceptors (Lipinski definition) is 4. The van der Waals surface area contributed by atoms with E-state index in [1.165, 1.54) is 0 Å². The van der Waals surface area contributed by atoms with Gasteiger partial charge in [-0.25, -0.2) is 0 Å². The van der Waals surface area contributed by atoms with Crippen LogP contribution in [-0.4, -0.2) is 32.4 Å². The molecule has 4 heteroatoms. The van der Waals surface area contributed by atoms with Crippen molar-refractivity contribution < 1.29 is 19.0 Å². The van der Waals surface area contributed by atoms with E-state index in [2.05, 4.69) is 0 Å². The molecule has 1 unspecified atom stereocenters. The fourth-order valence-electron chi connectivity index (χ4n) is 1.78. The third-order valence-electron chi connectivity index (χ3n) is 2.75. The van der Waals surface area contributed by atoms with Crippen LogP contribution in [0.2, 0.25) is 0 Å². The first kappa shape index (κ1) is 12.1. The summed E-state index contributed by atoms with van der Waals surface area (Å²) in [6.07, 6.45) is 1.47. The topological polar surface area (TPSA) is 44.8 Å². The third-order valence-corrected chi connectivity index (χ3v) is 2.75.